The standard InChI is InChI=1S/C10H18O2/c1-8(10(11)12)6-7-9-4-2-3-5-9/h8-9H,2-7H2,1H3,(H,11,12). The van der Waals surface area contributed by atoms with Gasteiger partial charge < -0.3 is 5.11 Å². The molecule has 1 unspecified atom stereocenters. The Balaban J connectivity index is 2.11. The fourth-order valence-corrected chi connectivity index (χ4v) is 1.91. The summed E-state index contributed by atoms with van der Waals surface area (Å²) >= 11 is 0. The molecule has 0 bridgehead atoms. The van der Waals surface area contributed by atoms with Gasteiger partial charge in [0.25, 0.3) is 0 Å². The van der Waals surface area contributed by atoms with Crippen LogP contribution in [-0.2, 0) is 4.79 Å². The van der Waals surface area contributed by atoms with Crippen molar-refractivity contribution in [3.8, 4) is 0 Å². The predicted octanol–water partition coefficient (Wildman–Crippen LogP) is 2.68. The molecule has 1 fully saturated rings. The van der Waals surface area contributed by atoms with Gasteiger partial charge in [0.05, 0.1) is 5.92 Å². The molecule has 0 aromatic carbocycles. The van der Waals surface area contributed by atoms with Crippen molar-refractivity contribution in [3.63, 3.8) is 0 Å². The van der Waals surface area contributed by atoms with Gasteiger partial charge in [-0.15, -0.1) is 0 Å². The number of carboxylic acid groups (broad SMARTS) is 1. The van der Waals surface area contributed by atoms with Gasteiger partial charge in [-0.3, -0.25) is 4.79 Å². The summed E-state index contributed by atoms with van der Waals surface area (Å²) in [5.41, 5.74) is 0. The van der Waals surface area contributed by atoms with Gasteiger partial charge in [-0.25, -0.2) is 0 Å². The van der Waals surface area contributed by atoms with Gasteiger partial charge in [-0.2, -0.15) is 0 Å². The highest BCUT2D eigenvalue weighted by Crippen LogP contribution is 2.29. The average Bonchev–Trinajstić information content (AvgIpc) is 2.51. The maximum Gasteiger partial charge on any atom is 0.306 e. The Labute approximate surface area is 74.0 Å². The molecule has 1 atom stereocenters. The van der Waals surface area contributed by atoms with E-state index in [4.69, 9.17) is 5.11 Å². The van der Waals surface area contributed by atoms with Crippen LogP contribution in [0, 0.1) is 11.8 Å². The van der Waals surface area contributed by atoms with Crippen molar-refractivity contribution in [2.75, 3.05) is 0 Å². The first-order valence-electron chi connectivity index (χ1n) is 4.93. The summed E-state index contributed by atoms with van der Waals surface area (Å²) in [5, 5.41) is 8.66. The second-order valence-corrected chi connectivity index (χ2v) is 3.97. The largest absolute Gasteiger partial charge is 0.481 e. The van der Waals surface area contributed by atoms with Crippen LogP contribution in [0.1, 0.15) is 45.4 Å². The summed E-state index contributed by atoms with van der Waals surface area (Å²) < 4.78 is 0. The molecule has 0 heterocycles. The lowest BCUT2D eigenvalue weighted by Crippen LogP contribution is -2.10. The van der Waals surface area contributed by atoms with E-state index in [0.717, 1.165) is 18.8 Å². The second kappa shape index (κ2) is 4.48. The van der Waals surface area contributed by atoms with Crippen LogP contribution in [0.2, 0.25) is 0 Å². The number of hydrogen-bond acceptors (Lipinski definition) is 1. The van der Waals surface area contributed by atoms with Crippen LogP contribution in [0.5, 0.6) is 0 Å². The average molecular weight is 170 g/mol. The maximum absolute atomic E-state index is 10.5. The topological polar surface area (TPSA) is 37.3 Å². The third-order valence-corrected chi connectivity index (χ3v) is 2.90. The monoisotopic (exact) mass is 170 g/mol. The zero-order valence-corrected chi connectivity index (χ0v) is 7.75. The zero-order valence-electron chi connectivity index (χ0n) is 7.75. The molecule has 1 saturated carbocycles. The van der Waals surface area contributed by atoms with Gasteiger partial charge in [0.1, 0.15) is 0 Å². The van der Waals surface area contributed by atoms with E-state index in [9.17, 15) is 4.79 Å². The smallest absolute Gasteiger partial charge is 0.306 e. The van der Waals surface area contributed by atoms with Crippen molar-refractivity contribution in [1.29, 1.82) is 0 Å². The van der Waals surface area contributed by atoms with Crippen LogP contribution < -0.4 is 0 Å². The highest BCUT2D eigenvalue weighted by atomic mass is 16.4. The normalized spacial score (nSPS) is 21.1. The number of aliphatic carboxylic acids is 1. The molecule has 0 saturated heterocycles. The molecule has 0 spiro atoms. The van der Waals surface area contributed by atoms with Crippen molar-refractivity contribution >= 4 is 5.97 Å². The molecule has 1 N–H and O–H groups in total. The summed E-state index contributed by atoms with van der Waals surface area (Å²) in [6, 6.07) is 0. The van der Waals surface area contributed by atoms with Crippen LogP contribution in [0.4, 0.5) is 0 Å². The molecule has 1 rings (SSSR count). The third-order valence-electron chi connectivity index (χ3n) is 2.90. The predicted molar refractivity (Wildman–Crippen MR) is 48.0 cm³/mol. The summed E-state index contributed by atoms with van der Waals surface area (Å²) in [7, 11) is 0. The SMILES string of the molecule is CC(CCC1CCCC1)C(=O)O. The van der Waals surface area contributed by atoms with Gasteiger partial charge in [-0.1, -0.05) is 32.6 Å². The molecule has 12 heavy (non-hydrogen) atoms. The highest BCUT2D eigenvalue weighted by Gasteiger charge is 2.17. The molecule has 0 aromatic heterocycles. The molecule has 0 amide bonds. The van der Waals surface area contributed by atoms with E-state index in [1.54, 1.807) is 6.92 Å². The van der Waals surface area contributed by atoms with Crippen molar-refractivity contribution < 1.29 is 9.90 Å². The van der Waals surface area contributed by atoms with Gasteiger partial charge in [0, 0.05) is 0 Å². The highest BCUT2D eigenvalue weighted by molar-refractivity contribution is 5.69. The van der Waals surface area contributed by atoms with Gasteiger partial charge in [-0.05, 0) is 18.8 Å². The van der Waals surface area contributed by atoms with Crippen molar-refractivity contribution in [3.05, 3.63) is 0 Å². The Bertz CT molecular complexity index is 148. The van der Waals surface area contributed by atoms with Crippen LogP contribution in [0.3, 0.4) is 0 Å². The number of carboxylic acids is 1. The molecule has 1 aliphatic rings. The Morgan fingerprint density at radius 2 is 2.08 bits per heavy atom. The molecule has 70 valence electrons. The van der Waals surface area contributed by atoms with Crippen LogP contribution in [0.25, 0.3) is 0 Å². The summed E-state index contributed by atoms with van der Waals surface area (Å²) in [5.74, 6) is 0.0328. The fourth-order valence-electron chi connectivity index (χ4n) is 1.91. The van der Waals surface area contributed by atoms with E-state index in [0.29, 0.717) is 0 Å². The Morgan fingerprint density at radius 1 is 1.50 bits per heavy atom. The van der Waals surface area contributed by atoms with E-state index in [1.807, 2.05) is 0 Å². The van der Waals surface area contributed by atoms with Crippen LogP contribution in [-0.4, -0.2) is 11.1 Å². The van der Waals surface area contributed by atoms with Gasteiger partial charge in [0.2, 0.25) is 0 Å². The molecule has 2 nitrogen and oxygen atoms in total. The van der Waals surface area contributed by atoms with Crippen LogP contribution >= 0.6 is 0 Å². The fraction of sp³-hybridized carbons (Fsp3) is 0.900. The number of hydrogen-bond donors (Lipinski definition) is 1. The summed E-state index contributed by atoms with van der Waals surface area (Å²) in [4.78, 5) is 10.5. The Kier molecular flexibility index (Phi) is 3.57. The minimum Gasteiger partial charge on any atom is -0.481 e. The minimum absolute atomic E-state index is 0.148. The molecule has 0 radical (unpaired) electrons. The molecule has 2 heteroatoms. The molecule has 0 aromatic rings. The van der Waals surface area contributed by atoms with Crippen molar-refractivity contribution in [2.45, 2.75) is 45.4 Å². The van der Waals surface area contributed by atoms with Gasteiger partial charge >= 0.3 is 5.97 Å². The zero-order chi connectivity index (χ0) is 8.97. The van der Waals surface area contributed by atoms with E-state index in [1.165, 1.54) is 25.7 Å². The lowest BCUT2D eigenvalue weighted by Gasteiger charge is -2.10. The Hall–Kier alpha value is -0.530. The van der Waals surface area contributed by atoms with Crippen molar-refractivity contribution in [1.82, 2.24) is 0 Å². The lowest BCUT2D eigenvalue weighted by molar-refractivity contribution is -0.141. The van der Waals surface area contributed by atoms with E-state index >= 15 is 0 Å². The number of rotatable bonds is 4. The first-order valence-corrected chi connectivity index (χ1v) is 4.93. The number of carbonyl (C=O) groups is 1. The van der Waals surface area contributed by atoms with E-state index < -0.39 is 5.97 Å². The summed E-state index contributed by atoms with van der Waals surface area (Å²) in [6.45, 7) is 1.80. The molecule has 0 aliphatic heterocycles. The van der Waals surface area contributed by atoms with Crippen molar-refractivity contribution in [2.24, 2.45) is 11.8 Å². The first kappa shape index (κ1) is 9.56. The van der Waals surface area contributed by atoms with E-state index in [-0.39, 0.29) is 5.92 Å². The molecular formula is C10H18O2. The van der Waals surface area contributed by atoms with Crippen LogP contribution in [0.15, 0.2) is 0 Å². The Morgan fingerprint density at radius 3 is 2.58 bits per heavy atom. The minimum atomic E-state index is -0.645. The third kappa shape index (κ3) is 2.84. The first-order chi connectivity index (χ1) is 5.70. The lowest BCUT2D eigenvalue weighted by atomic mass is 9.96. The van der Waals surface area contributed by atoms with E-state index in [2.05, 4.69) is 0 Å². The van der Waals surface area contributed by atoms with Gasteiger partial charge in [0.15, 0.2) is 0 Å². The second-order valence-electron chi connectivity index (χ2n) is 3.97. The molecule has 1 aliphatic carbocycles. The maximum atomic E-state index is 10.5. The molecular weight excluding hydrogens is 152 g/mol. The summed E-state index contributed by atoms with van der Waals surface area (Å²) in [6.07, 6.45) is 7.34. The quantitative estimate of drug-likeness (QED) is 0.704.